The third-order valence-electron chi connectivity index (χ3n) is 9.08. The second-order valence-electron chi connectivity index (χ2n) is 11.7. The minimum atomic E-state index is 0.416. The average molecular weight is 561 g/mol. The molecule has 1 saturated carbocycles. The van der Waals surface area contributed by atoms with Crippen LogP contribution in [0.2, 0.25) is 0 Å². The van der Waals surface area contributed by atoms with E-state index in [-0.39, 0.29) is 0 Å². The van der Waals surface area contributed by atoms with Gasteiger partial charge in [-0.2, -0.15) is 0 Å². The first-order chi connectivity index (χ1) is 20.0. The van der Waals surface area contributed by atoms with Crippen molar-refractivity contribution >= 4 is 29.6 Å². The molecule has 0 amide bonds. The standard InChI is InChI=1S/C37H40N2OS/c1-24-10-12-28(13-11-24)35-26(3)36-34-22-29(27-16-18-32(19-17-27)38-31-8-6-5-7-9-31)14-15-30(34)23-39(41-4)37(36)25(2)33(35)20-21-40/h10-19,21-22,31,38H,5-9,20,23H2,1-4H3. The molecule has 1 N–H and O–H groups in total. The number of aryl methyl sites for hydroxylation is 1. The molecular weight excluding hydrogens is 520 g/mol. The van der Waals surface area contributed by atoms with Gasteiger partial charge in [0.05, 0.1) is 12.2 Å². The van der Waals surface area contributed by atoms with E-state index in [0.29, 0.717) is 12.5 Å². The van der Waals surface area contributed by atoms with Crippen molar-refractivity contribution in [2.45, 2.75) is 71.9 Å². The Morgan fingerprint density at radius 2 is 1.51 bits per heavy atom. The summed E-state index contributed by atoms with van der Waals surface area (Å²) in [5.41, 5.74) is 16.1. The van der Waals surface area contributed by atoms with Crippen molar-refractivity contribution in [3.63, 3.8) is 0 Å². The number of hydrogen-bond donors (Lipinski definition) is 1. The van der Waals surface area contributed by atoms with Gasteiger partial charge in [0.1, 0.15) is 6.29 Å². The maximum atomic E-state index is 11.9. The van der Waals surface area contributed by atoms with Crippen LogP contribution in [0, 0.1) is 20.8 Å². The molecule has 1 heterocycles. The van der Waals surface area contributed by atoms with Crippen LogP contribution in [0.3, 0.4) is 0 Å². The molecule has 0 aromatic heterocycles. The van der Waals surface area contributed by atoms with E-state index in [0.717, 1.165) is 18.4 Å². The van der Waals surface area contributed by atoms with E-state index in [9.17, 15) is 4.79 Å². The van der Waals surface area contributed by atoms with Crippen molar-refractivity contribution in [1.82, 2.24) is 0 Å². The first kappa shape index (κ1) is 27.7. The van der Waals surface area contributed by atoms with Gasteiger partial charge in [-0.1, -0.05) is 85.3 Å². The highest BCUT2D eigenvalue weighted by Crippen LogP contribution is 2.50. The molecule has 1 fully saturated rings. The van der Waals surface area contributed by atoms with Gasteiger partial charge in [0.25, 0.3) is 0 Å². The summed E-state index contributed by atoms with van der Waals surface area (Å²) in [5, 5.41) is 3.76. The highest BCUT2D eigenvalue weighted by atomic mass is 32.2. The number of aldehydes is 1. The molecule has 0 unspecified atom stereocenters. The smallest absolute Gasteiger partial charge is 0.124 e. The van der Waals surface area contributed by atoms with Gasteiger partial charge in [-0.15, -0.1) is 0 Å². The zero-order valence-corrected chi connectivity index (χ0v) is 25.5. The van der Waals surface area contributed by atoms with Crippen LogP contribution in [-0.4, -0.2) is 18.6 Å². The van der Waals surface area contributed by atoms with E-state index >= 15 is 0 Å². The van der Waals surface area contributed by atoms with Crippen LogP contribution in [-0.2, 0) is 17.8 Å². The summed E-state index contributed by atoms with van der Waals surface area (Å²) in [4.78, 5) is 11.9. The van der Waals surface area contributed by atoms with Gasteiger partial charge in [0, 0.05) is 30.0 Å². The molecule has 0 radical (unpaired) electrons. The van der Waals surface area contributed by atoms with Crippen LogP contribution in [0.1, 0.15) is 59.9 Å². The van der Waals surface area contributed by atoms with Gasteiger partial charge in [-0.3, -0.25) is 0 Å². The number of carbonyl (C=O) groups is 1. The Balaban J connectivity index is 1.46. The molecule has 4 heteroatoms. The fourth-order valence-corrected chi connectivity index (χ4v) is 7.57. The van der Waals surface area contributed by atoms with Gasteiger partial charge in [-0.05, 0) is 102 Å². The molecule has 3 nitrogen and oxygen atoms in total. The Kier molecular flexibility index (Phi) is 7.94. The van der Waals surface area contributed by atoms with E-state index < -0.39 is 0 Å². The van der Waals surface area contributed by atoms with E-state index in [4.69, 9.17) is 0 Å². The van der Waals surface area contributed by atoms with Crippen molar-refractivity contribution in [2.24, 2.45) is 0 Å². The molecule has 4 aromatic carbocycles. The molecular formula is C37H40N2OS. The molecule has 0 atom stereocenters. The normalized spacial score (nSPS) is 14.9. The fraction of sp³-hybridized carbons (Fsp3) is 0.324. The summed E-state index contributed by atoms with van der Waals surface area (Å²) in [5.74, 6) is 0. The second-order valence-corrected chi connectivity index (χ2v) is 12.5. The Morgan fingerprint density at radius 3 is 2.20 bits per heavy atom. The number of nitrogens with zero attached hydrogens (tertiary/aromatic N) is 1. The van der Waals surface area contributed by atoms with Gasteiger partial charge >= 0.3 is 0 Å². The molecule has 210 valence electrons. The molecule has 1 aliphatic heterocycles. The molecule has 6 rings (SSSR count). The van der Waals surface area contributed by atoms with Gasteiger partial charge in [-0.25, -0.2) is 0 Å². The van der Waals surface area contributed by atoms with Crippen molar-refractivity contribution in [3.05, 3.63) is 94.5 Å². The Labute approximate surface area is 249 Å². The molecule has 2 aliphatic rings. The largest absolute Gasteiger partial charge is 0.382 e. The molecule has 1 aliphatic carbocycles. The summed E-state index contributed by atoms with van der Waals surface area (Å²) in [6.45, 7) is 7.41. The second kappa shape index (κ2) is 11.8. The SMILES string of the molecule is CSN1Cc2ccc(-c3ccc(NC4CCCCC4)cc3)cc2-c2c(C)c(-c3ccc(C)cc3)c(CC=O)c(C)c21. The van der Waals surface area contributed by atoms with Crippen LogP contribution in [0.4, 0.5) is 11.4 Å². The van der Waals surface area contributed by atoms with Gasteiger partial charge < -0.3 is 14.4 Å². The summed E-state index contributed by atoms with van der Waals surface area (Å²) in [7, 11) is 0. The molecule has 4 aromatic rings. The maximum absolute atomic E-state index is 11.9. The Hall–Kier alpha value is -3.50. The predicted octanol–water partition coefficient (Wildman–Crippen LogP) is 9.70. The van der Waals surface area contributed by atoms with E-state index in [1.807, 2.05) is 0 Å². The zero-order chi connectivity index (χ0) is 28.5. The Bertz CT molecular complexity index is 1570. The number of hydrogen-bond acceptors (Lipinski definition) is 4. The summed E-state index contributed by atoms with van der Waals surface area (Å²) >= 11 is 1.76. The molecule has 0 bridgehead atoms. The summed E-state index contributed by atoms with van der Waals surface area (Å²) < 4.78 is 2.40. The van der Waals surface area contributed by atoms with Crippen LogP contribution < -0.4 is 9.62 Å². The zero-order valence-electron chi connectivity index (χ0n) is 24.7. The first-order valence-electron chi connectivity index (χ1n) is 15.0. The highest BCUT2D eigenvalue weighted by Gasteiger charge is 2.30. The highest BCUT2D eigenvalue weighted by molar-refractivity contribution is 7.99. The topological polar surface area (TPSA) is 32.3 Å². The van der Waals surface area contributed by atoms with E-state index in [2.05, 4.69) is 103 Å². The predicted molar refractivity (Wildman–Crippen MR) is 177 cm³/mol. The monoisotopic (exact) mass is 560 g/mol. The average Bonchev–Trinajstić information content (AvgIpc) is 3.00. The number of fused-ring (bicyclic) bond motifs is 3. The number of rotatable bonds is 7. The molecule has 41 heavy (non-hydrogen) atoms. The lowest BCUT2D eigenvalue weighted by Crippen LogP contribution is -2.22. The van der Waals surface area contributed by atoms with E-state index in [1.54, 1.807) is 11.9 Å². The maximum Gasteiger partial charge on any atom is 0.124 e. The fourth-order valence-electron chi connectivity index (χ4n) is 6.90. The van der Waals surface area contributed by atoms with Crippen LogP contribution in [0.25, 0.3) is 33.4 Å². The van der Waals surface area contributed by atoms with Crippen molar-refractivity contribution in [3.8, 4) is 33.4 Å². The van der Waals surface area contributed by atoms with Crippen LogP contribution >= 0.6 is 11.9 Å². The number of anilines is 2. The third-order valence-corrected chi connectivity index (χ3v) is 9.83. The van der Waals surface area contributed by atoms with Gasteiger partial charge in [0.15, 0.2) is 0 Å². The summed E-state index contributed by atoms with van der Waals surface area (Å²) in [6.07, 6.45) is 10.2. The first-order valence-corrected chi connectivity index (χ1v) is 16.1. The van der Waals surface area contributed by atoms with Crippen LogP contribution in [0.5, 0.6) is 0 Å². The van der Waals surface area contributed by atoms with Crippen molar-refractivity contribution in [1.29, 1.82) is 0 Å². The van der Waals surface area contributed by atoms with Crippen molar-refractivity contribution in [2.75, 3.05) is 15.9 Å². The molecule has 0 saturated heterocycles. The lowest BCUT2D eigenvalue weighted by molar-refractivity contribution is -0.107. The lowest BCUT2D eigenvalue weighted by atomic mass is 9.80. The number of carbonyl (C=O) groups excluding carboxylic acids is 1. The van der Waals surface area contributed by atoms with Crippen molar-refractivity contribution < 1.29 is 4.79 Å². The van der Waals surface area contributed by atoms with E-state index in [1.165, 1.54) is 99.1 Å². The lowest BCUT2D eigenvalue weighted by Gasteiger charge is -2.36. The van der Waals surface area contributed by atoms with Gasteiger partial charge in [0.2, 0.25) is 0 Å². The third kappa shape index (κ3) is 5.30. The minimum absolute atomic E-state index is 0.416. The number of benzene rings is 4. The quantitative estimate of drug-likeness (QED) is 0.180. The summed E-state index contributed by atoms with van der Waals surface area (Å²) in [6, 6.07) is 25.3. The minimum Gasteiger partial charge on any atom is -0.382 e. The Morgan fingerprint density at radius 1 is 0.829 bits per heavy atom. The molecule has 0 spiro atoms. The number of nitrogens with one attached hydrogen (secondary N) is 1. The van der Waals surface area contributed by atoms with Crippen LogP contribution in [0.15, 0.2) is 66.7 Å².